The van der Waals surface area contributed by atoms with Crippen LogP contribution in [0.3, 0.4) is 0 Å². The zero-order valence-electron chi connectivity index (χ0n) is 9.64. The molecule has 0 saturated heterocycles. The van der Waals surface area contributed by atoms with E-state index in [1.807, 2.05) is 0 Å². The Hall–Kier alpha value is -2.49. The van der Waals surface area contributed by atoms with Crippen molar-refractivity contribution in [1.82, 2.24) is 15.3 Å². The summed E-state index contributed by atoms with van der Waals surface area (Å²) in [5, 5.41) is 15.8. The van der Waals surface area contributed by atoms with Gasteiger partial charge in [-0.2, -0.15) is 4.98 Å². The van der Waals surface area contributed by atoms with Crippen molar-refractivity contribution in [3.05, 3.63) is 16.3 Å². The van der Waals surface area contributed by atoms with Crippen molar-refractivity contribution >= 4 is 23.4 Å². The van der Waals surface area contributed by atoms with Gasteiger partial charge in [0, 0.05) is 20.0 Å². The molecule has 1 heterocycles. The molecule has 0 bridgehead atoms. The second kappa shape index (κ2) is 6.30. The van der Waals surface area contributed by atoms with Gasteiger partial charge in [0.25, 0.3) is 0 Å². The Morgan fingerprint density at radius 2 is 2.33 bits per heavy atom. The zero-order chi connectivity index (χ0) is 13.5. The van der Waals surface area contributed by atoms with Crippen LogP contribution in [0.5, 0.6) is 0 Å². The number of carbonyl (C=O) groups excluding carboxylic acids is 1. The number of hydrogen-bond acceptors (Lipinski definition) is 8. The van der Waals surface area contributed by atoms with Crippen molar-refractivity contribution in [3.8, 4) is 0 Å². The fourth-order valence-corrected chi connectivity index (χ4v) is 1.13. The quantitative estimate of drug-likeness (QED) is 0.294. The van der Waals surface area contributed by atoms with Crippen molar-refractivity contribution < 1.29 is 9.72 Å². The molecule has 1 rings (SSSR count). The lowest BCUT2D eigenvalue weighted by atomic mass is 10.4. The topological polar surface area (TPSA) is 148 Å². The van der Waals surface area contributed by atoms with Gasteiger partial charge >= 0.3 is 5.69 Å². The highest BCUT2D eigenvalue weighted by Gasteiger charge is 2.16. The second-order valence-corrected chi connectivity index (χ2v) is 3.18. The van der Waals surface area contributed by atoms with Gasteiger partial charge in [0.1, 0.15) is 6.20 Å². The van der Waals surface area contributed by atoms with Crippen molar-refractivity contribution in [2.24, 2.45) is 5.84 Å². The van der Waals surface area contributed by atoms with E-state index in [1.54, 1.807) is 0 Å². The van der Waals surface area contributed by atoms with Gasteiger partial charge in [0.2, 0.25) is 17.7 Å². The molecule has 0 radical (unpaired) electrons. The lowest BCUT2D eigenvalue weighted by Crippen LogP contribution is -2.21. The minimum absolute atomic E-state index is 0.00635. The number of carbonyl (C=O) groups is 1. The van der Waals surface area contributed by atoms with Gasteiger partial charge in [-0.1, -0.05) is 0 Å². The zero-order valence-corrected chi connectivity index (χ0v) is 9.64. The first kappa shape index (κ1) is 13.6. The first-order valence-electron chi connectivity index (χ1n) is 5.01. The molecule has 0 unspecified atom stereocenters. The fourth-order valence-electron chi connectivity index (χ4n) is 1.13. The number of aromatic nitrogens is 2. The maximum Gasteiger partial charge on any atom is 0.329 e. The standard InChI is InChI=1S/C8H13N7O3/c1-10-6(16)2-3-11-7-5(15(17)18)4-12-8(13-7)14-9/h4H,2-3,9H2,1H3,(H,10,16)(H2,11,12,13,14). The Morgan fingerprint density at radius 1 is 1.61 bits per heavy atom. The van der Waals surface area contributed by atoms with Gasteiger partial charge < -0.3 is 10.6 Å². The van der Waals surface area contributed by atoms with E-state index in [-0.39, 0.29) is 36.3 Å². The molecule has 0 aliphatic rings. The number of hydrazine groups is 1. The lowest BCUT2D eigenvalue weighted by molar-refractivity contribution is -0.384. The molecule has 0 aromatic carbocycles. The molecule has 0 atom stereocenters. The average Bonchev–Trinajstić information content (AvgIpc) is 2.37. The average molecular weight is 255 g/mol. The maximum absolute atomic E-state index is 11.0. The van der Waals surface area contributed by atoms with Crippen molar-refractivity contribution in [2.75, 3.05) is 24.3 Å². The summed E-state index contributed by atoms with van der Waals surface area (Å²) in [6, 6.07) is 0. The van der Waals surface area contributed by atoms with E-state index in [0.717, 1.165) is 6.20 Å². The van der Waals surface area contributed by atoms with Crippen LogP contribution in [0.15, 0.2) is 6.20 Å². The normalized spacial score (nSPS) is 9.67. The van der Waals surface area contributed by atoms with Crippen LogP contribution in [-0.4, -0.2) is 34.4 Å². The van der Waals surface area contributed by atoms with Gasteiger partial charge in [0.05, 0.1) is 4.92 Å². The predicted octanol–water partition coefficient (Wildman–Crippen LogP) is -0.782. The second-order valence-electron chi connectivity index (χ2n) is 3.18. The Labute approximate surface area is 102 Å². The Bertz CT molecular complexity index is 450. The number of nitro groups is 1. The van der Waals surface area contributed by atoms with E-state index in [0.29, 0.717) is 0 Å². The number of nitrogens with two attached hydrogens (primary N) is 1. The third-order valence-electron chi connectivity index (χ3n) is 2.02. The van der Waals surface area contributed by atoms with Crippen molar-refractivity contribution in [2.45, 2.75) is 6.42 Å². The summed E-state index contributed by atoms with van der Waals surface area (Å²) in [4.78, 5) is 28.5. The van der Waals surface area contributed by atoms with Crippen LogP contribution in [0.1, 0.15) is 6.42 Å². The molecule has 0 fully saturated rings. The number of hydrogen-bond donors (Lipinski definition) is 4. The molecule has 0 saturated carbocycles. The van der Waals surface area contributed by atoms with Crippen LogP contribution >= 0.6 is 0 Å². The third kappa shape index (κ3) is 3.52. The smallest absolute Gasteiger partial charge is 0.329 e. The molecule has 1 amide bonds. The summed E-state index contributed by atoms with van der Waals surface area (Å²) < 4.78 is 0. The largest absolute Gasteiger partial charge is 0.364 e. The molecule has 1 aromatic rings. The number of anilines is 2. The van der Waals surface area contributed by atoms with E-state index < -0.39 is 4.92 Å². The molecular weight excluding hydrogens is 242 g/mol. The van der Waals surface area contributed by atoms with Crippen LogP contribution < -0.4 is 21.9 Å². The van der Waals surface area contributed by atoms with Gasteiger partial charge in [0.15, 0.2) is 0 Å². The van der Waals surface area contributed by atoms with Crippen molar-refractivity contribution in [3.63, 3.8) is 0 Å². The fraction of sp³-hybridized carbons (Fsp3) is 0.375. The summed E-state index contributed by atoms with van der Waals surface area (Å²) in [5.41, 5.74) is 1.89. The number of nitrogen functional groups attached to an aromatic ring is 1. The summed E-state index contributed by atoms with van der Waals surface area (Å²) in [5.74, 6) is 4.97. The molecule has 0 aliphatic carbocycles. The number of nitrogens with zero attached hydrogens (tertiary/aromatic N) is 3. The van der Waals surface area contributed by atoms with Crippen LogP contribution in [0.4, 0.5) is 17.5 Å². The van der Waals surface area contributed by atoms with Crippen molar-refractivity contribution in [1.29, 1.82) is 0 Å². The monoisotopic (exact) mass is 255 g/mol. The van der Waals surface area contributed by atoms with Gasteiger partial charge in [-0.15, -0.1) is 0 Å². The Morgan fingerprint density at radius 3 is 2.89 bits per heavy atom. The lowest BCUT2D eigenvalue weighted by Gasteiger charge is -2.06. The Balaban J connectivity index is 2.78. The molecule has 10 nitrogen and oxygen atoms in total. The number of rotatable bonds is 6. The predicted molar refractivity (Wildman–Crippen MR) is 63.7 cm³/mol. The highest BCUT2D eigenvalue weighted by molar-refractivity contribution is 5.76. The van der Waals surface area contributed by atoms with Crippen LogP contribution in [0.2, 0.25) is 0 Å². The van der Waals surface area contributed by atoms with E-state index in [1.165, 1.54) is 7.05 Å². The van der Waals surface area contributed by atoms with Gasteiger partial charge in [-0.3, -0.25) is 20.3 Å². The van der Waals surface area contributed by atoms with E-state index >= 15 is 0 Å². The van der Waals surface area contributed by atoms with Gasteiger partial charge in [-0.25, -0.2) is 10.8 Å². The summed E-state index contributed by atoms with van der Waals surface area (Å²) in [6.07, 6.45) is 1.20. The first-order valence-corrected chi connectivity index (χ1v) is 5.01. The van der Waals surface area contributed by atoms with E-state index in [9.17, 15) is 14.9 Å². The number of nitrogens with one attached hydrogen (secondary N) is 3. The van der Waals surface area contributed by atoms with Gasteiger partial charge in [-0.05, 0) is 0 Å². The highest BCUT2D eigenvalue weighted by Crippen LogP contribution is 2.21. The highest BCUT2D eigenvalue weighted by atomic mass is 16.6. The maximum atomic E-state index is 11.0. The van der Waals surface area contributed by atoms with Crippen LogP contribution in [0, 0.1) is 10.1 Å². The molecule has 98 valence electrons. The molecule has 5 N–H and O–H groups in total. The molecule has 10 heteroatoms. The number of amides is 1. The SMILES string of the molecule is CNC(=O)CCNc1nc(NN)ncc1[N+](=O)[O-]. The summed E-state index contributed by atoms with van der Waals surface area (Å²) in [6.45, 7) is 0.210. The minimum Gasteiger partial charge on any atom is -0.364 e. The van der Waals surface area contributed by atoms with Crippen LogP contribution in [0.25, 0.3) is 0 Å². The molecule has 0 spiro atoms. The minimum atomic E-state index is -0.622. The summed E-state index contributed by atoms with van der Waals surface area (Å²) in [7, 11) is 1.51. The van der Waals surface area contributed by atoms with Crippen LogP contribution in [-0.2, 0) is 4.79 Å². The molecule has 18 heavy (non-hydrogen) atoms. The Kier molecular flexibility index (Phi) is 4.75. The van der Waals surface area contributed by atoms with E-state index in [4.69, 9.17) is 5.84 Å². The first-order chi connectivity index (χ1) is 8.58. The van der Waals surface area contributed by atoms with E-state index in [2.05, 4.69) is 26.0 Å². The molecular formula is C8H13N7O3. The summed E-state index contributed by atoms with van der Waals surface area (Å²) >= 11 is 0. The third-order valence-corrected chi connectivity index (χ3v) is 2.02. The molecule has 0 aliphatic heterocycles. The molecule has 1 aromatic heterocycles.